The second-order valence-corrected chi connectivity index (χ2v) is 13.4. The summed E-state index contributed by atoms with van der Waals surface area (Å²) in [5.74, 6) is -0.665. The number of nitrogens with two attached hydrogens (primary N) is 1. The molecule has 254 valence electrons. The molecule has 0 spiro atoms. The lowest BCUT2D eigenvalue weighted by Gasteiger charge is -2.45. The van der Waals surface area contributed by atoms with Gasteiger partial charge >= 0.3 is 6.03 Å². The van der Waals surface area contributed by atoms with Crippen LogP contribution >= 0.6 is 11.3 Å². The normalized spacial score (nSPS) is 17.5. The molecule has 2 fully saturated rings. The Hall–Kier alpha value is -5.79. The van der Waals surface area contributed by atoms with Crippen LogP contribution in [-0.4, -0.2) is 80.9 Å². The van der Waals surface area contributed by atoms with Gasteiger partial charge in [0.1, 0.15) is 12.2 Å². The number of urea groups is 1. The Balaban J connectivity index is 1.14. The molecule has 50 heavy (non-hydrogen) atoms. The van der Waals surface area contributed by atoms with Gasteiger partial charge in [0.15, 0.2) is 5.13 Å². The van der Waals surface area contributed by atoms with Gasteiger partial charge in [0.2, 0.25) is 11.8 Å². The van der Waals surface area contributed by atoms with Crippen molar-refractivity contribution < 1.29 is 19.2 Å². The lowest BCUT2D eigenvalue weighted by molar-refractivity contribution is -0.157. The van der Waals surface area contributed by atoms with E-state index < -0.39 is 12.2 Å². The van der Waals surface area contributed by atoms with Crippen molar-refractivity contribution in [3.05, 3.63) is 125 Å². The van der Waals surface area contributed by atoms with Crippen LogP contribution in [0.3, 0.4) is 0 Å². The monoisotopic (exact) mass is 688 g/mol. The summed E-state index contributed by atoms with van der Waals surface area (Å²) in [6.07, 6.45) is -0.336. The van der Waals surface area contributed by atoms with E-state index >= 15 is 0 Å². The number of piperazine rings is 1. The summed E-state index contributed by atoms with van der Waals surface area (Å²) in [5, 5.41) is 9.43. The highest BCUT2D eigenvalue weighted by molar-refractivity contribution is 7.22. The van der Waals surface area contributed by atoms with Crippen LogP contribution in [0, 0.1) is 0 Å². The van der Waals surface area contributed by atoms with Gasteiger partial charge < -0.3 is 26.2 Å². The van der Waals surface area contributed by atoms with Gasteiger partial charge in [-0.15, -0.1) is 0 Å². The number of hydrogen-bond acceptors (Lipinski definition) is 8. The van der Waals surface area contributed by atoms with Crippen molar-refractivity contribution in [2.75, 3.05) is 31.2 Å². The molecule has 0 bridgehead atoms. The van der Waals surface area contributed by atoms with E-state index in [-0.39, 0.29) is 49.8 Å². The molecule has 5 aromatic rings. The zero-order valence-electron chi connectivity index (χ0n) is 27.4. The van der Waals surface area contributed by atoms with Crippen LogP contribution in [0.25, 0.3) is 10.2 Å². The fraction of sp³-hybridized carbons (Fsp3) is 0.216. The molecule has 2 atom stereocenters. The van der Waals surface area contributed by atoms with Crippen molar-refractivity contribution in [1.29, 1.82) is 0 Å². The Kier molecular flexibility index (Phi) is 9.15. The first-order valence-electron chi connectivity index (χ1n) is 16.3. The van der Waals surface area contributed by atoms with E-state index in [1.54, 1.807) is 58.3 Å². The summed E-state index contributed by atoms with van der Waals surface area (Å²) in [5.41, 5.74) is 10.5. The molecule has 1 aromatic heterocycles. The average Bonchev–Trinajstić information content (AvgIpc) is 3.69. The standard InChI is InChI=1S/C37H36N8O4S/c1-42(37(49)39-20-25-9-4-2-5-10-25)44-23-32(46)45-29(19-24-15-17-28(18-16-24)40-34(47)26-11-6-3-7-12-26)35(48)43(22-31(44)45)21-27-13-8-14-30-33(27)41-36(38)50-30/h2-18,29,31H,19-23H2,1H3,(H2,38,41)(H,39,49)(H,40,47)/t29-,31+/m0/s1. The molecule has 5 amide bonds. The maximum Gasteiger partial charge on any atom is 0.332 e. The van der Waals surface area contributed by atoms with Gasteiger partial charge in [-0.2, -0.15) is 5.01 Å². The molecule has 2 saturated heterocycles. The summed E-state index contributed by atoms with van der Waals surface area (Å²) < 4.78 is 0.926. The summed E-state index contributed by atoms with van der Waals surface area (Å²) >= 11 is 1.39. The average molecular weight is 689 g/mol. The molecular formula is C37H36N8O4S. The molecule has 2 aliphatic rings. The first-order valence-corrected chi connectivity index (χ1v) is 17.1. The molecule has 0 radical (unpaired) electrons. The van der Waals surface area contributed by atoms with Crippen LogP contribution in [0.5, 0.6) is 0 Å². The molecule has 7 rings (SSSR count). The largest absolute Gasteiger partial charge is 0.375 e. The zero-order chi connectivity index (χ0) is 34.8. The van der Waals surface area contributed by atoms with Gasteiger partial charge in [0.05, 0.1) is 23.3 Å². The molecule has 4 N–H and O–H groups in total. The third kappa shape index (κ3) is 6.73. The number of thiazole rings is 1. The first kappa shape index (κ1) is 32.7. The number of fused-ring (bicyclic) bond motifs is 2. The van der Waals surface area contributed by atoms with Crippen LogP contribution in [0.2, 0.25) is 0 Å². The summed E-state index contributed by atoms with van der Waals surface area (Å²) in [6, 6.07) is 30.4. The van der Waals surface area contributed by atoms with Gasteiger partial charge in [-0.1, -0.05) is 84.1 Å². The minimum Gasteiger partial charge on any atom is -0.375 e. The third-order valence-electron chi connectivity index (χ3n) is 9.09. The predicted octanol–water partition coefficient (Wildman–Crippen LogP) is 4.31. The number of para-hydroxylation sites is 1. The smallest absolute Gasteiger partial charge is 0.332 e. The van der Waals surface area contributed by atoms with Crippen molar-refractivity contribution in [2.24, 2.45) is 0 Å². The lowest BCUT2D eigenvalue weighted by atomic mass is 9.99. The number of nitrogens with one attached hydrogen (secondary N) is 2. The van der Waals surface area contributed by atoms with Crippen LogP contribution in [-0.2, 0) is 29.1 Å². The second kappa shape index (κ2) is 14.0. The van der Waals surface area contributed by atoms with E-state index in [1.165, 1.54) is 16.3 Å². The molecule has 0 aliphatic carbocycles. The van der Waals surface area contributed by atoms with E-state index in [1.807, 2.05) is 66.7 Å². The van der Waals surface area contributed by atoms with Crippen molar-refractivity contribution in [3.63, 3.8) is 0 Å². The number of nitrogens with zero attached hydrogens (tertiary/aromatic N) is 5. The van der Waals surface area contributed by atoms with Gasteiger partial charge in [-0.25, -0.2) is 9.78 Å². The van der Waals surface area contributed by atoms with Crippen LogP contribution in [0.1, 0.15) is 27.0 Å². The van der Waals surface area contributed by atoms with E-state index in [2.05, 4.69) is 15.6 Å². The SMILES string of the molecule is CN(C(=O)NCc1ccccc1)N1CC(=O)N2[C@@H](Cc3ccc(NC(=O)c4ccccc4)cc3)C(=O)N(Cc3cccc4sc(N)nc34)C[C@@H]21. The molecule has 12 nitrogen and oxygen atoms in total. The Morgan fingerprint density at radius 1 is 0.920 bits per heavy atom. The maximum atomic E-state index is 14.3. The maximum absolute atomic E-state index is 14.3. The Bertz CT molecular complexity index is 2040. The van der Waals surface area contributed by atoms with Crippen LogP contribution in [0.15, 0.2) is 103 Å². The molecule has 13 heteroatoms. The van der Waals surface area contributed by atoms with Crippen molar-refractivity contribution in [3.8, 4) is 0 Å². The minimum atomic E-state index is -0.823. The fourth-order valence-corrected chi connectivity index (χ4v) is 7.33. The molecular weight excluding hydrogens is 653 g/mol. The number of carbonyl (C=O) groups is 4. The van der Waals surface area contributed by atoms with Gasteiger partial charge in [0.25, 0.3) is 5.91 Å². The van der Waals surface area contributed by atoms with Crippen molar-refractivity contribution >= 4 is 56.1 Å². The third-order valence-corrected chi connectivity index (χ3v) is 9.94. The van der Waals surface area contributed by atoms with E-state index in [0.717, 1.165) is 26.9 Å². The molecule has 4 aromatic carbocycles. The number of aromatic nitrogens is 1. The fourth-order valence-electron chi connectivity index (χ4n) is 6.55. The van der Waals surface area contributed by atoms with E-state index in [0.29, 0.717) is 22.9 Å². The highest BCUT2D eigenvalue weighted by atomic mass is 32.1. The number of hydrogen-bond donors (Lipinski definition) is 3. The van der Waals surface area contributed by atoms with Gasteiger partial charge in [-0.3, -0.25) is 19.4 Å². The number of anilines is 2. The molecule has 0 saturated carbocycles. The number of carbonyl (C=O) groups excluding carboxylic acids is 4. The first-order chi connectivity index (χ1) is 24.2. The van der Waals surface area contributed by atoms with Crippen molar-refractivity contribution in [1.82, 2.24) is 30.1 Å². The summed E-state index contributed by atoms with van der Waals surface area (Å²) in [7, 11) is 1.63. The molecule has 3 heterocycles. The Morgan fingerprint density at radius 3 is 2.38 bits per heavy atom. The number of hydrazine groups is 1. The topological polar surface area (TPSA) is 144 Å². The number of amides is 5. The van der Waals surface area contributed by atoms with Crippen LogP contribution in [0.4, 0.5) is 15.6 Å². The quantitative estimate of drug-likeness (QED) is 0.209. The zero-order valence-corrected chi connectivity index (χ0v) is 28.2. The predicted molar refractivity (Wildman–Crippen MR) is 192 cm³/mol. The van der Waals surface area contributed by atoms with E-state index in [4.69, 9.17) is 5.73 Å². The number of rotatable bonds is 9. The lowest BCUT2D eigenvalue weighted by Crippen LogP contribution is -2.65. The second-order valence-electron chi connectivity index (χ2n) is 12.3. The Labute approximate surface area is 293 Å². The summed E-state index contributed by atoms with van der Waals surface area (Å²) in [6.45, 7) is 0.727. The van der Waals surface area contributed by atoms with Crippen LogP contribution < -0.4 is 16.4 Å². The summed E-state index contributed by atoms with van der Waals surface area (Å²) in [4.78, 5) is 62.0. The number of benzene rings is 4. The Morgan fingerprint density at radius 2 is 1.64 bits per heavy atom. The van der Waals surface area contributed by atoms with Gasteiger partial charge in [-0.05, 0) is 47.0 Å². The highest BCUT2D eigenvalue weighted by Crippen LogP contribution is 2.32. The minimum absolute atomic E-state index is 0.0554. The van der Waals surface area contributed by atoms with Crippen molar-refractivity contribution in [2.45, 2.75) is 31.7 Å². The van der Waals surface area contributed by atoms with E-state index in [9.17, 15) is 19.2 Å². The highest BCUT2D eigenvalue weighted by Gasteiger charge is 2.51. The molecule has 0 unspecified atom stereocenters. The number of nitrogen functional groups attached to an aromatic ring is 1. The van der Waals surface area contributed by atoms with Gasteiger partial charge in [0, 0.05) is 37.8 Å². The molecule has 2 aliphatic heterocycles.